The number of nitrogens with one attached hydrogen (secondary N) is 1. The SMILES string of the molecule is COCCNS(=O)(=O)c1ccc(C)cc1C#CCN. The van der Waals surface area contributed by atoms with Crippen LogP contribution >= 0.6 is 0 Å². The quantitative estimate of drug-likeness (QED) is 0.598. The zero-order valence-electron chi connectivity index (χ0n) is 11.1. The Balaban J connectivity index is 3.11. The molecule has 6 heteroatoms. The lowest BCUT2D eigenvalue weighted by Gasteiger charge is -2.09. The van der Waals surface area contributed by atoms with Crippen LogP contribution in [0.1, 0.15) is 11.1 Å². The Morgan fingerprint density at radius 2 is 2.16 bits per heavy atom. The van der Waals surface area contributed by atoms with Crippen molar-refractivity contribution in [2.45, 2.75) is 11.8 Å². The average molecular weight is 282 g/mol. The Morgan fingerprint density at radius 3 is 2.79 bits per heavy atom. The van der Waals surface area contributed by atoms with E-state index in [2.05, 4.69) is 16.6 Å². The maximum Gasteiger partial charge on any atom is 0.241 e. The fourth-order valence-corrected chi connectivity index (χ4v) is 2.63. The standard InChI is InChI=1S/C13H18N2O3S/c1-11-5-6-13(12(10-11)4-3-7-14)19(16,17)15-8-9-18-2/h5-6,10,15H,7-9,14H2,1-2H3. The molecule has 0 fully saturated rings. The highest BCUT2D eigenvalue weighted by molar-refractivity contribution is 7.89. The van der Waals surface area contributed by atoms with Gasteiger partial charge in [-0.25, -0.2) is 13.1 Å². The Morgan fingerprint density at radius 1 is 1.42 bits per heavy atom. The van der Waals surface area contributed by atoms with Crippen molar-refractivity contribution in [2.75, 3.05) is 26.8 Å². The van der Waals surface area contributed by atoms with Gasteiger partial charge in [-0.05, 0) is 24.6 Å². The molecule has 1 aromatic rings. The van der Waals surface area contributed by atoms with Crippen LogP contribution in [-0.2, 0) is 14.8 Å². The van der Waals surface area contributed by atoms with Gasteiger partial charge in [0.1, 0.15) is 0 Å². The van der Waals surface area contributed by atoms with E-state index in [-0.39, 0.29) is 18.0 Å². The van der Waals surface area contributed by atoms with E-state index in [1.54, 1.807) is 18.2 Å². The van der Waals surface area contributed by atoms with Crippen LogP contribution in [0.15, 0.2) is 23.1 Å². The first-order valence-corrected chi connectivity index (χ1v) is 7.28. The van der Waals surface area contributed by atoms with E-state index in [9.17, 15) is 8.42 Å². The molecular weight excluding hydrogens is 264 g/mol. The molecule has 0 saturated heterocycles. The molecule has 1 aromatic carbocycles. The van der Waals surface area contributed by atoms with Gasteiger partial charge < -0.3 is 10.5 Å². The second-order valence-electron chi connectivity index (χ2n) is 3.90. The molecule has 19 heavy (non-hydrogen) atoms. The molecular formula is C13H18N2O3S. The third-order valence-electron chi connectivity index (χ3n) is 2.35. The van der Waals surface area contributed by atoms with Crippen molar-refractivity contribution in [3.8, 4) is 11.8 Å². The van der Waals surface area contributed by atoms with Gasteiger partial charge in [-0.15, -0.1) is 0 Å². The van der Waals surface area contributed by atoms with Gasteiger partial charge >= 0.3 is 0 Å². The molecule has 0 unspecified atom stereocenters. The van der Waals surface area contributed by atoms with Crippen LogP contribution in [0.5, 0.6) is 0 Å². The summed E-state index contributed by atoms with van der Waals surface area (Å²) in [5, 5.41) is 0. The Kier molecular flexibility index (Phi) is 5.99. The first-order valence-electron chi connectivity index (χ1n) is 5.79. The van der Waals surface area contributed by atoms with Gasteiger partial charge in [-0.1, -0.05) is 17.9 Å². The van der Waals surface area contributed by atoms with Crippen molar-refractivity contribution in [1.29, 1.82) is 0 Å². The maximum atomic E-state index is 12.1. The first-order chi connectivity index (χ1) is 9.01. The highest BCUT2D eigenvalue weighted by atomic mass is 32.2. The van der Waals surface area contributed by atoms with Crippen LogP contribution in [0.2, 0.25) is 0 Å². The van der Waals surface area contributed by atoms with E-state index in [4.69, 9.17) is 10.5 Å². The molecule has 0 aliphatic heterocycles. The molecule has 3 N–H and O–H groups in total. The molecule has 0 spiro atoms. The summed E-state index contributed by atoms with van der Waals surface area (Å²) in [7, 11) is -2.07. The van der Waals surface area contributed by atoms with Crippen molar-refractivity contribution in [2.24, 2.45) is 5.73 Å². The van der Waals surface area contributed by atoms with Gasteiger partial charge in [0.15, 0.2) is 0 Å². The largest absolute Gasteiger partial charge is 0.383 e. The number of hydrogen-bond acceptors (Lipinski definition) is 4. The molecule has 0 aromatic heterocycles. The van der Waals surface area contributed by atoms with Crippen LogP contribution in [0.25, 0.3) is 0 Å². The van der Waals surface area contributed by atoms with E-state index < -0.39 is 10.0 Å². The van der Waals surface area contributed by atoms with Crippen LogP contribution in [0.3, 0.4) is 0 Å². The van der Waals surface area contributed by atoms with E-state index in [1.807, 2.05) is 6.92 Å². The highest BCUT2D eigenvalue weighted by Crippen LogP contribution is 2.16. The number of hydrogen-bond donors (Lipinski definition) is 2. The third kappa shape index (κ3) is 4.65. The second-order valence-corrected chi connectivity index (χ2v) is 5.63. The summed E-state index contributed by atoms with van der Waals surface area (Å²) in [6, 6.07) is 5.01. The molecule has 0 aliphatic rings. The average Bonchev–Trinajstić information content (AvgIpc) is 2.36. The Bertz CT molecular complexity index is 586. The van der Waals surface area contributed by atoms with E-state index in [1.165, 1.54) is 7.11 Å². The molecule has 0 heterocycles. The number of benzene rings is 1. The monoisotopic (exact) mass is 282 g/mol. The summed E-state index contributed by atoms with van der Waals surface area (Å²) in [5.41, 5.74) is 6.71. The topological polar surface area (TPSA) is 81.4 Å². The number of nitrogens with two attached hydrogens (primary N) is 1. The fourth-order valence-electron chi connectivity index (χ4n) is 1.48. The number of methoxy groups -OCH3 is 1. The molecule has 104 valence electrons. The van der Waals surface area contributed by atoms with Crippen molar-refractivity contribution < 1.29 is 13.2 Å². The van der Waals surface area contributed by atoms with Gasteiger partial charge in [0.05, 0.1) is 18.0 Å². The first kappa shape index (κ1) is 15.7. The lowest BCUT2D eigenvalue weighted by Crippen LogP contribution is -2.27. The summed E-state index contributed by atoms with van der Waals surface area (Å²) < 4.78 is 31.5. The predicted molar refractivity (Wildman–Crippen MR) is 74.2 cm³/mol. The van der Waals surface area contributed by atoms with Crippen molar-refractivity contribution >= 4 is 10.0 Å². The van der Waals surface area contributed by atoms with E-state index in [0.29, 0.717) is 12.2 Å². The normalized spacial score (nSPS) is 10.9. The Hall–Kier alpha value is -1.39. The zero-order chi connectivity index (χ0) is 14.3. The van der Waals surface area contributed by atoms with Crippen molar-refractivity contribution in [3.05, 3.63) is 29.3 Å². The summed E-state index contributed by atoms with van der Waals surface area (Å²) in [6.45, 7) is 2.60. The lowest BCUT2D eigenvalue weighted by molar-refractivity contribution is 0.204. The number of rotatable bonds is 5. The number of aryl methyl sites for hydroxylation is 1. The molecule has 0 atom stereocenters. The molecule has 0 aliphatic carbocycles. The molecule has 0 bridgehead atoms. The summed E-state index contributed by atoms with van der Waals surface area (Å²) in [4.78, 5) is 0.162. The summed E-state index contributed by atoms with van der Waals surface area (Å²) in [6.07, 6.45) is 0. The van der Waals surface area contributed by atoms with E-state index in [0.717, 1.165) is 5.56 Å². The van der Waals surface area contributed by atoms with Gasteiger partial charge in [0.25, 0.3) is 0 Å². The van der Waals surface area contributed by atoms with Crippen molar-refractivity contribution in [3.63, 3.8) is 0 Å². The lowest BCUT2D eigenvalue weighted by atomic mass is 10.1. The molecule has 0 saturated carbocycles. The van der Waals surface area contributed by atoms with Crippen LogP contribution < -0.4 is 10.5 Å². The van der Waals surface area contributed by atoms with Crippen LogP contribution in [0.4, 0.5) is 0 Å². The number of ether oxygens (including phenoxy) is 1. The van der Waals surface area contributed by atoms with E-state index >= 15 is 0 Å². The minimum Gasteiger partial charge on any atom is -0.383 e. The fraction of sp³-hybridized carbons (Fsp3) is 0.385. The highest BCUT2D eigenvalue weighted by Gasteiger charge is 2.17. The maximum absolute atomic E-state index is 12.1. The smallest absolute Gasteiger partial charge is 0.241 e. The van der Waals surface area contributed by atoms with Gasteiger partial charge in [-0.3, -0.25) is 0 Å². The van der Waals surface area contributed by atoms with Gasteiger partial charge in [0, 0.05) is 19.2 Å². The van der Waals surface area contributed by atoms with Crippen molar-refractivity contribution in [1.82, 2.24) is 4.72 Å². The Labute approximate surface area is 114 Å². The second kappa shape index (κ2) is 7.26. The zero-order valence-corrected chi connectivity index (χ0v) is 11.9. The molecule has 1 rings (SSSR count). The van der Waals surface area contributed by atoms with Crippen LogP contribution in [-0.4, -0.2) is 35.2 Å². The summed E-state index contributed by atoms with van der Waals surface area (Å²) in [5.74, 6) is 5.46. The third-order valence-corrected chi connectivity index (χ3v) is 3.87. The predicted octanol–water partition coefficient (Wildman–Crippen LogP) is 0.230. The van der Waals surface area contributed by atoms with Crippen LogP contribution in [0, 0.1) is 18.8 Å². The molecule has 0 radical (unpaired) electrons. The molecule has 0 amide bonds. The van der Waals surface area contributed by atoms with Gasteiger partial charge in [-0.2, -0.15) is 0 Å². The molecule has 5 nitrogen and oxygen atoms in total. The number of sulfonamides is 1. The summed E-state index contributed by atoms with van der Waals surface area (Å²) >= 11 is 0. The van der Waals surface area contributed by atoms with Gasteiger partial charge in [0.2, 0.25) is 10.0 Å². The minimum atomic E-state index is -3.58. The minimum absolute atomic E-state index is 0.162.